The molecule has 2 rings (SSSR count). The molecule has 0 aliphatic heterocycles. The molecule has 134 valence electrons. The maximum Gasteiger partial charge on any atom is 0.323 e. The van der Waals surface area contributed by atoms with Gasteiger partial charge in [-0.05, 0) is 24.3 Å². The number of hydrogen-bond acceptors (Lipinski definition) is 8. The zero-order valence-electron chi connectivity index (χ0n) is 13.8. The SMILES string of the molecule is COc1c(OC(C)=O)ccc(C=NNC(=O)c2ccccn2)c1[N+](=O)[O-]. The molecular formula is C16H14N4O6. The number of benzene rings is 1. The molecule has 26 heavy (non-hydrogen) atoms. The van der Waals surface area contributed by atoms with Gasteiger partial charge in [0.15, 0.2) is 5.75 Å². The van der Waals surface area contributed by atoms with E-state index in [0.717, 1.165) is 13.1 Å². The molecule has 0 saturated heterocycles. The standard InChI is InChI=1S/C16H14N4O6/c1-10(21)26-13-7-6-11(14(20(23)24)15(13)25-2)9-18-19-16(22)12-5-3-4-8-17-12/h3-9H,1-2H3,(H,19,22). The Morgan fingerprint density at radius 3 is 2.65 bits per heavy atom. The number of nitro benzene ring substituents is 1. The summed E-state index contributed by atoms with van der Waals surface area (Å²) in [6, 6.07) is 7.42. The van der Waals surface area contributed by atoms with Crippen LogP contribution in [0, 0.1) is 10.1 Å². The molecule has 1 aromatic heterocycles. The predicted octanol–water partition coefficient (Wildman–Crippen LogP) is 1.69. The minimum atomic E-state index is -0.701. The monoisotopic (exact) mass is 358 g/mol. The molecule has 0 unspecified atom stereocenters. The van der Waals surface area contributed by atoms with E-state index in [1.807, 2.05) is 0 Å². The Bertz CT molecular complexity index is 867. The van der Waals surface area contributed by atoms with E-state index < -0.39 is 22.5 Å². The Balaban J connectivity index is 2.29. The second kappa shape index (κ2) is 8.33. The topological polar surface area (TPSA) is 133 Å². The molecule has 10 nitrogen and oxygen atoms in total. The first kappa shape index (κ1) is 18.5. The summed E-state index contributed by atoms with van der Waals surface area (Å²) in [5.74, 6) is -1.55. The normalized spacial score (nSPS) is 10.4. The lowest BCUT2D eigenvalue weighted by Gasteiger charge is -2.09. The van der Waals surface area contributed by atoms with E-state index in [1.165, 1.54) is 31.5 Å². The molecule has 1 amide bonds. The average molecular weight is 358 g/mol. The van der Waals surface area contributed by atoms with Gasteiger partial charge in [0.05, 0.1) is 23.8 Å². The van der Waals surface area contributed by atoms with Gasteiger partial charge >= 0.3 is 11.7 Å². The fraction of sp³-hybridized carbons (Fsp3) is 0.125. The lowest BCUT2D eigenvalue weighted by molar-refractivity contribution is -0.385. The second-order valence-electron chi connectivity index (χ2n) is 4.80. The van der Waals surface area contributed by atoms with Gasteiger partial charge in [0.25, 0.3) is 5.91 Å². The molecule has 1 aromatic carbocycles. The molecule has 0 saturated carbocycles. The third kappa shape index (κ3) is 4.38. The number of hydrazone groups is 1. The third-order valence-corrected chi connectivity index (χ3v) is 3.03. The Labute approximate surface area is 147 Å². The number of nitrogens with zero attached hydrogens (tertiary/aromatic N) is 3. The van der Waals surface area contributed by atoms with Crippen LogP contribution in [-0.4, -0.2) is 35.1 Å². The van der Waals surface area contributed by atoms with Crippen LogP contribution in [0.1, 0.15) is 23.0 Å². The Morgan fingerprint density at radius 2 is 2.08 bits per heavy atom. The van der Waals surface area contributed by atoms with Gasteiger partial charge in [0, 0.05) is 13.1 Å². The van der Waals surface area contributed by atoms with Gasteiger partial charge in [-0.25, -0.2) is 5.43 Å². The summed E-state index contributed by atoms with van der Waals surface area (Å²) < 4.78 is 9.89. The molecule has 0 aliphatic rings. The Kier molecular flexibility index (Phi) is 5.93. The van der Waals surface area contributed by atoms with Crippen LogP contribution >= 0.6 is 0 Å². The van der Waals surface area contributed by atoms with E-state index in [-0.39, 0.29) is 22.8 Å². The molecule has 10 heteroatoms. The largest absolute Gasteiger partial charge is 0.488 e. The van der Waals surface area contributed by atoms with E-state index in [0.29, 0.717) is 0 Å². The first-order valence-electron chi connectivity index (χ1n) is 7.22. The summed E-state index contributed by atoms with van der Waals surface area (Å²) in [5.41, 5.74) is 1.95. The van der Waals surface area contributed by atoms with E-state index in [4.69, 9.17) is 9.47 Å². The van der Waals surface area contributed by atoms with Crippen LogP contribution in [0.2, 0.25) is 0 Å². The molecule has 0 bridgehead atoms. The highest BCUT2D eigenvalue weighted by molar-refractivity contribution is 5.94. The lowest BCUT2D eigenvalue weighted by Crippen LogP contribution is -2.18. The number of rotatable bonds is 6. The van der Waals surface area contributed by atoms with Gasteiger partial charge < -0.3 is 9.47 Å². The zero-order valence-corrected chi connectivity index (χ0v) is 13.8. The molecule has 0 spiro atoms. The van der Waals surface area contributed by atoms with E-state index in [9.17, 15) is 19.7 Å². The Morgan fingerprint density at radius 1 is 1.31 bits per heavy atom. The van der Waals surface area contributed by atoms with Crippen molar-refractivity contribution < 1.29 is 24.0 Å². The van der Waals surface area contributed by atoms with Crippen molar-refractivity contribution in [2.24, 2.45) is 5.10 Å². The summed E-state index contributed by atoms with van der Waals surface area (Å²) >= 11 is 0. The van der Waals surface area contributed by atoms with Crippen molar-refractivity contribution in [1.82, 2.24) is 10.4 Å². The molecule has 1 heterocycles. The van der Waals surface area contributed by atoms with Crippen LogP contribution in [0.3, 0.4) is 0 Å². The van der Waals surface area contributed by atoms with E-state index >= 15 is 0 Å². The number of aromatic nitrogens is 1. The average Bonchev–Trinajstić information content (AvgIpc) is 2.62. The molecule has 0 fully saturated rings. The molecule has 1 N–H and O–H groups in total. The first-order valence-corrected chi connectivity index (χ1v) is 7.22. The number of carbonyl (C=O) groups excluding carboxylic acids is 2. The minimum absolute atomic E-state index is 0.0454. The fourth-order valence-electron chi connectivity index (χ4n) is 2.01. The van der Waals surface area contributed by atoms with Gasteiger partial charge in [-0.1, -0.05) is 6.07 Å². The van der Waals surface area contributed by atoms with Crippen LogP contribution in [0.5, 0.6) is 11.5 Å². The third-order valence-electron chi connectivity index (χ3n) is 3.03. The number of pyridine rings is 1. The highest BCUT2D eigenvalue weighted by Crippen LogP contribution is 2.39. The minimum Gasteiger partial charge on any atom is -0.488 e. The van der Waals surface area contributed by atoms with Crippen molar-refractivity contribution in [2.75, 3.05) is 7.11 Å². The molecule has 0 radical (unpaired) electrons. The lowest BCUT2D eigenvalue weighted by atomic mass is 10.1. The predicted molar refractivity (Wildman–Crippen MR) is 90.3 cm³/mol. The number of nitrogens with one attached hydrogen (secondary N) is 1. The number of amides is 1. The highest BCUT2D eigenvalue weighted by Gasteiger charge is 2.25. The number of methoxy groups -OCH3 is 1. The molecule has 0 aliphatic carbocycles. The molecule has 0 atom stereocenters. The van der Waals surface area contributed by atoms with Gasteiger partial charge in [0.2, 0.25) is 5.75 Å². The van der Waals surface area contributed by atoms with Crippen molar-refractivity contribution in [3.8, 4) is 11.5 Å². The van der Waals surface area contributed by atoms with Crippen molar-refractivity contribution in [2.45, 2.75) is 6.92 Å². The van der Waals surface area contributed by atoms with E-state index in [2.05, 4.69) is 15.5 Å². The van der Waals surface area contributed by atoms with Crippen LogP contribution in [0.4, 0.5) is 5.69 Å². The zero-order chi connectivity index (χ0) is 19.1. The first-order chi connectivity index (χ1) is 12.4. The summed E-state index contributed by atoms with van der Waals surface area (Å²) in [6.45, 7) is 1.16. The fourth-order valence-corrected chi connectivity index (χ4v) is 2.01. The van der Waals surface area contributed by atoms with Gasteiger partial charge in [-0.15, -0.1) is 0 Å². The summed E-state index contributed by atoms with van der Waals surface area (Å²) in [7, 11) is 1.21. The van der Waals surface area contributed by atoms with Gasteiger partial charge in [-0.2, -0.15) is 5.10 Å². The smallest absolute Gasteiger partial charge is 0.323 e. The summed E-state index contributed by atoms with van der Waals surface area (Å²) in [4.78, 5) is 37.5. The molecular weight excluding hydrogens is 344 g/mol. The quantitative estimate of drug-likeness (QED) is 0.273. The van der Waals surface area contributed by atoms with Crippen molar-refractivity contribution >= 4 is 23.8 Å². The highest BCUT2D eigenvalue weighted by atomic mass is 16.6. The number of nitro groups is 1. The Hall–Kier alpha value is -3.82. The van der Waals surface area contributed by atoms with Crippen LogP contribution in [0.25, 0.3) is 0 Å². The summed E-state index contributed by atoms with van der Waals surface area (Å²) in [5, 5.41) is 15.1. The maximum absolute atomic E-state index is 11.8. The maximum atomic E-state index is 11.8. The van der Waals surface area contributed by atoms with Gasteiger partial charge in [0.1, 0.15) is 5.69 Å². The van der Waals surface area contributed by atoms with Crippen molar-refractivity contribution in [1.29, 1.82) is 0 Å². The number of esters is 1. The van der Waals surface area contributed by atoms with Crippen LogP contribution in [0.15, 0.2) is 41.6 Å². The number of ether oxygens (including phenoxy) is 2. The van der Waals surface area contributed by atoms with Crippen LogP contribution in [-0.2, 0) is 4.79 Å². The van der Waals surface area contributed by atoms with Gasteiger partial charge in [-0.3, -0.25) is 24.7 Å². The summed E-state index contributed by atoms with van der Waals surface area (Å²) in [6.07, 6.45) is 2.53. The van der Waals surface area contributed by atoms with Crippen molar-refractivity contribution in [3.05, 3.63) is 57.9 Å². The second-order valence-corrected chi connectivity index (χ2v) is 4.80. The molecule has 2 aromatic rings. The van der Waals surface area contributed by atoms with Crippen LogP contribution < -0.4 is 14.9 Å². The number of carbonyl (C=O) groups is 2. The van der Waals surface area contributed by atoms with Crippen molar-refractivity contribution in [3.63, 3.8) is 0 Å². The van der Waals surface area contributed by atoms with E-state index in [1.54, 1.807) is 12.1 Å². The number of hydrogen-bond donors (Lipinski definition) is 1.